The van der Waals surface area contributed by atoms with E-state index in [0.717, 1.165) is 6.42 Å². The summed E-state index contributed by atoms with van der Waals surface area (Å²) in [7, 11) is 0. The molecule has 0 unspecified atom stereocenters. The zero-order chi connectivity index (χ0) is 7.40. The van der Waals surface area contributed by atoms with Crippen LogP contribution < -0.4 is 5.73 Å². The predicted molar refractivity (Wildman–Crippen MR) is 53.3 cm³/mol. The van der Waals surface area contributed by atoms with Crippen molar-refractivity contribution in [1.82, 2.24) is 0 Å². The molecule has 1 rings (SSSR count). The third kappa shape index (κ3) is 3.06. The van der Waals surface area contributed by atoms with Gasteiger partial charge in [-0.05, 0) is 17.9 Å². The molecule has 0 aliphatic rings. The molecular weight excluding hydrogens is 178 g/mol. The van der Waals surface area contributed by atoms with Crippen molar-refractivity contribution in [2.45, 2.75) is 12.5 Å². The van der Waals surface area contributed by atoms with Crippen LogP contribution in [0.15, 0.2) is 30.2 Å². The first-order valence-electron chi connectivity index (χ1n) is 3.24. The maximum atomic E-state index is 5.79. The summed E-state index contributed by atoms with van der Waals surface area (Å²) in [4.78, 5) is 1.24. The molecule has 0 aliphatic carbocycles. The molecule has 11 heavy (non-hydrogen) atoms. The predicted octanol–water partition coefficient (Wildman–Crippen LogP) is 2.75. The Hall–Kier alpha value is -0.310. The van der Waals surface area contributed by atoms with Gasteiger partial charge in [-0.2, -0.15) is 0 Å². The van der Waals surface area contributed by atoms with Crippen molar-refractivity contribution >= 4 is 23.7 Å². The molecule has 0 radical (unpaired) electrons. The molecule has 3 heteroatoms. The Morgan fingerprint density at radius 2 is 2.45 bits per heavy atom. The highest BCUT2D eigenvalue weighted by Gasteiger charge is 2.02. The van der Waals surface area contributed by atoms with Gasteiger partial charge in [-0.1, -0.05) is 12.1 Å². The summed E-state index contributed by atoms with van der Waals surface area (Å²) >= 11 is 1.70. The number of hydrogen-bond acceptors (Lipinski definition) is 2. The molecular formula is C8H12ClNS. The Bertz CT molecular complexity index is 196. The quantitative estimate of drug-likeness (QED) is 0.728. The van der Waals surface area contributed by atoms with Crippen LogP contribution in [0.2, 0.25) is 0 Å². The fourth-order valence-electron chi connectivity index (χ4n) is 0.798. The van der Waals surface area contributed by atoms with Crippen molar-refractivity contribution in [3.63, 3.8) is 0 Å². The normalized spacial score (nSPS) is 11.7. The summed E-state index contributed by atoms with van der Waals surface area (Å²) in [6, 6.07) is 4.22. The molecule has 1 atom stereocenters. The van der Waals surface area contributed by atoms with E-state index in [9.17, 15) is 0 Å². The summed E-state index contributed by atoms with van der Waals surface area (Å²) in [5, 5.41) is 2.04. The highest BCUT2D eigenvalue weighted by molar-refractivity contribution is 7.10. The number of nitrogens with two attached hydrogens (primary N) is 1. The van der Waals surface area contributed by atoms with Crippen LogP contribution in [0.1, 0.15) is 17.3 Å². The fraction of sp³-hybridized carbons (Fsp3) is 0.250. The van der Waals surface area contributed by atoms with Crippen molar-refractivity contribution in [2.75, 3.05) is 0 Å². The van der Waals surface area contributed by atoms with Gasteiger partial charge in [0.15, 0.2) is 0 Å². The van der Waals surface area contributed by atoms with E-state index in [1.807, 2.05) is 17.5 Å². The average molecular weight is 190 g/mol. The first-order chi connectivity index (χ1) is 4.84. The van der Waals surface area contributed by atoms with E-state index in [1.165, 1.54) is 4.88 Å². The molecule has 0 saturated heterocycles. The van der Waals surface area contributed by atoms with E-state index in [0.29, 0.717) is 0 Å². The van der Waals surface area contributed by atoms with Crippen LogP contribution in [0.5, 0.6) is 0 Å². The Labute approximate surface area is 77.3 Å². The Balaban J connectivity index is 0.000001000. The summed E-state index contributed by atoms with van der Waals surface area (Å²) < 4.78 is 0. The van der Waals surface area contributed by atoms with Crippen LogP contribution in [0.3, 0.4) is 0 Å². The van der Waals surface area contributed by atoms with Crippen LogP contribution in [-0.2, 0) is 0 Å². The average Bonchev–Trinajstić information content (AvgIpc) is 2.38. The smallest absolute Gasteiger partial charge is 0.0424 e. The summed E-state index contributed by atoms with van der Waals surface area (Å²) in [5.41, 5.74) is 5.79. The largest absolute Gasteiger partial charge is 0.323 e. The zero-order valence-corrected chi connectivity index (χ0v) is 7.83. The second kappa shape index (κ2) is 5.35. The van der Waals surface area contributed by atoms with Gasteiger partial charge >= 0.3 is 0 Å². The Morgan fingerprint density at radius 3 is 2.91 bits per heavy atom. The lowest BCUT2D eigenvalue weighted by Crippen LogP contribution is -2.06. The minimum absolute atomic E-state index is 0. The molecule has 2 N–H and O–H groups in total. The van der Waals surface area contributed by atoms with Gasteiger partial charge in [0.25, 0.3) is 0 Å². The first kappa shape index (κ1) is 10.7. The van der Waals surface area contributed by atoms with Gasteiger partial charge < -0.3 is 5.73 Å². The van der Waals surface area contributed by atoms with E-state index in [1.54, 1.807) is 11.3 Å². The van der Waals surface area contributed by atoms with E-state index >= 15 is 0 Å². The number of hydrogen-bond donors (Lipinski definition) is 1. The van der Waals surface area contributed by atoms with Crippen molar-refractivity contribution in [3.8, 4) is 0 Å². The van der Waals surface area contributed by atoms with Gasteiger partial charge in [0.2, 0.25) is 0 Å². The molecule has 0 aromatic carbocycles. The molecule has 62 valence electrons. The molecule has 0 fully saturated rings. The second-order valence-corrected chi connectivity index (χ2v) is 3.13. The Kier molecular flexibility index (Phi) is 5.20. The molecule has 0 bridgehead atoms. The molecule has 1 aromatic heterocycles. The highest BCUT2D eigenvalue weighted by Crippen LogP contribution is 2.19. The van der Waals surface area contributed by atoms with E-state index in [4.69, 9.17) is 5.73 Å². The van der Waals surface area contributed by atoms with Crippen molar-refractivity contribution in [1.29, 1.82) is 0 Å². The lowest BCUT2D eigenvalue weighted by molar-refractivity contribution is 0.758. The standard InChI is InChI=1S/C8H11NS.ClH/c1-2-4-7(9)8-5-3-6-10-8;/h2-3,5-7H,1,4,9H2;1H/t7-;/m1./s1. The fourth-order valence-corrected chi connectivity index (χ4v) is 1.54. The van der Waals surface area contributed by atoms with Gasteiger partial charge in [-0.15, -0.1) is 30.3 Å². The van der Waals surface area contributed by atoms with Crippen molar-refractivity contribution < 1.29 is 0 Å². The minimum Gasteiger partial charge on any atom is -0.323 e. The summed E-state index contributed by atoms with van der Waals surface area (Å²) in [6.07, 6.45) is 2.71. The van der Waals surface area contributed by atoms with Crippen LogP contribution in [0.25, 0.3) is 0 Å². The van der Waals surface area contributed by atoms with Crippen LogP contribution >= 0.6 is 23.7 Å². The SMILES string of the molecule is C=CC[C@@H](N)c1cccs1.Cl. The Morgan fingerprint density at radius 1 is 1.73 bits per heavy atom. The molecule has 0 spiro atoms. The maximum absolute atomic E-state index is 5.79. The van der Waals surface area contributed by atoms with Gasteiger partial charge in [0, 0.05) is 10.9 Å². The van der Waals surface area contributed by atoms with Crippen molar-refractivity contribution in [2.24, 2.45) is 5.73 Å². The monoisotopic (exact) mass is 189 g/mol. The van der Waals surface area contributed by atoms with Crippen molar-refractivity contribution in [3.05, 3.63) is 35.0 Å². The van der Waals surface area contributed by atoms with Crippen LogP contribution in [0.4, 0.5) is 0 Å². The van der Waals surface area contributed by atoms with Gasteiger partial charge in [0.05, 0.1) is 0 Å². The number of rotatable bonds is 3. The number of halogens is 1. The van der Waals surface area contributed by atoms with Crippen LogP contribution in [0, 0.1) is 0 Å². The third-order valence-corrected chi connectivity index (χ3v) is 2.33. The van der Waals surface area contributed by atoms with Crippen LogP contribution in [-0.4, -0.2) is 0 Å². The minimum atomic E-state index is 0. The maximum Gasteiger partial charge on any atom is 0.0424 e. The highest BCUT2D eigenvalue weighted by atomic mass is 35.5. The lowest BCUT2D eigenvalue weighted by atomic mass is 10.2. The first-order valence-corrected chi connectivity index (χ1v) is 4.12. The van der Waals surface area contributed by atoms with Gasteiger partial charge in [-0.25, -0.2) is 0 Å². The summed E-state index contributed by atoms with van der Waals surface area (Å²) in [5.74, 6) is 0. The molecule has 1 nitrogen and oxygen atoms in total. The lowest BCUT2D eigenvalue weighted by Gasteiger charge is -2.03. The topological polar surface area (TPSA) is 26.0 Å². The molecule has 0 aliphatic heterocycles. The second-order valence-electron chi connectivity index (χ2n) is 2.15. The zero-order valence-electron chi connectivity index (χ0n) is 6.19. The molecule has 1 aromatic rings. The van der Waals surface area contributed by atoms with E-state index in [-0.39, 0.29) is 18.4 Å². The molecule has 0 amide bonds. The van der Waals surface area contributed by atoms with E-state index in [2.05, 4.69) is 12.6 Å². The van der Waals surface area contributed by atoms with Gasteiger partial charge in [-0.3, -0.25) is 0 Å². The third-order valence-electron chi connectivity index (χ3n) is 1.33. The van der Waals surface area contributed by atoms with E-state index < -0.39 is 0 Å². The van der Waals surface area contributed by atoms with Gasteiger partial charge in [0.1, 0.15) is 0 Å². The number of thiophene rings is 1. The molecule has 0 saturated carbocycles. The summed E-state index contributed by atoms with van der Waals surface area (Å²) in [6.45, 7) is 3.64. The molecule has 1 heterocycles.